The Morgan fingerprint density at radius 1 is 1.17 bits per heavy atom. The minimum atomic E-state index is 0.250. The van der Waals surface area contributed by atoms with Crippen LogP contribution in [0, 0.1) is 0 Å². The van der Waals surface area contributed by atoms with Crippen molar-refractivity contribution >= 4 is 0 Å². The van der Waals surface area contributed by atoms with Crippen molar-refractivity contribution in [3.05, 3.63) is 0 Å². The number of ether oxygens (including phenoxy) is 2. The van der Waals surface area contributed by atoms with Gasteiger partial charge in [0.25, 0.3) is 0 Å². The minimum Gasteiger partial charge on any atom is -0.397 e. The van der Waals surface area contributed by atoms with E-state index in [0.29, 0.717) is 19.0 Å². The maximum Gasteiger partial charge on any atom is 0.147 e. The molecule has 2 fully saturated rings. The lowest BCUT2D eigenvalue weighted by Crippen LogP contribution is -2.25. The second-order valence-electron chi connectivity index (χ2n) is 3.13. The zero-order chi connectivity index (χ0) is 8.81. The highest BCUT2D eigenvalue weighted by Crippen LogP contribution is 2.27. The summed E-state index contributed by atoms with van der Waals surface area (Å²) in [5.74, 6) is 0. The molecule has 1 saturated heterocycles. The predicted octanol–water partition coefficient (Wildman–Crippen LogP) is 1.30. The molecule has 0 spiro atoms. The first-order valence-corrected chi connectivity index (χ1v) is 4.72. The molecule has 1 aliphatic heterocycles. The van der Waals surface area contributed by atoms with Gasteiger partial charge in [0.15, 0.2) is 0 Å². The van der Waals surface area contributed by atoms with Crippen LogP contribution in [0.5, 0.6) is 0 Å². The molecule has 3 nitrogen and oxygen atoms in total. The van der Waals surface area contributed by atoms with E-state index in [0.717, 1.165) is 0 Å². The summed E-state index contributed by atoms with van der Waals surface area (Å²) >= 11 is 0. The molecule has 0 aromatic carbocycles. The quantitative estimate of drug-likeness (QED) is 0.601. The van der Waals surface area contributed by atoms with Crippen LogP contribution in [0.2, 0.25) is 0 Å². The van der Waals surface area contributed by atoms with E-state index in [-0.39, 0.29) is 6.61 Å². The molecular weight excluding hydrogens is 156 g/mol. The Morgan fingerprint density at radius 2 is 1.58 bits per heavy atom. The fourth-order valence-electron chi connectivity index (χ4n) is 1.66. The van der Waals surface area contributed by atoms with Crippen LogP contribution in [0.3, 0.4) is 0 Å². The van der Waals surface area contributed by atoms with E-state index in [1.807, 2.05) is 0 Å². The molecule has 1 saturated carbocycles. The van der Waals surface area contributed by atoms with Crippen LogP contribution in [0.4, 0.5) is 0 Å². The van der Waals surface area contributed by atoms with Gasteiger partial charge in [0, 0.05) is 6.61 Å². The summed E-state index contributed by atoms with van der Waals surface area (Å²) in [5.41, 5.74) is 0. The zero-order valence-corrected chi connectivity index (χ0v) is 7.66. The van der Waals surface area contributed by atoms with Crippen LogP contribution < -0.4 is 0 Å². The monoisotopic (exact) mass is 174 g/mol. The Labute approximate surface area is 73.7 Å². The van der Waals surface area contributed by atoms with Gasteiger partial charge in [-0.25, -0.2) is 0 Å². The van der Waals surface area contributed by atoms with Gasteiger partial charge < -0.3 is 14.6 Å². The highest BCUT2D eigenvalue weighted by atomic mass is 16.7. The standard InChI is InChI=1S/C7H12O2.C2H6O/c1-2-4-7-6(3-1)8-5-9-7;1-2-3/h6-7H,1-5H2;3H,2H2,1H3. The second-order valence-corrected chi connectivity index (χ2v) is 3.13. The summed E-state index contributed by atoms with van der Waals surface area (Å²) in [6.07, 6.45) is 5.96. The fourth-order valence-corrected chi connectivity index (χ4v) is 1.66. The van der Waals surface area contributed by atoms with Gasteiger partial charge in [-0.1, -0.05) is 12.8 Å². The van der Waals surface area contributed by atoms with Crippen LogP contribution in [-0.4, -0.2) is 30.7 Å². The minimum absolute atomic E-state index is 0.250. The van der Waals surface area contributed by atoms with Crippen molar-refractivity contribution in [1.82, 2.24) is 0 Å². The number of aliphatic hydroxyl groups is 1. The van der Waals surface area contributed by atoms with Crippen molar-refractivity contribution in [2.75, 3.05) is 13.4 Å². The number of hydrogen-bond donors (Lipinski definition) is 1. The van der Waals surface area contributed by atoms with E-state index in [2.05, 4.69) is 0 Å². The molecule has 1 heterocycles. The SMILES string of the molecule is C1CCC2OCOC2C1.CCO. The smallest absolute Gasteiger partial charge is 0.147 e. The van der Waals surface area contributed by atoms with Crippen LogP contribution in [0.25, 0.3) is 0 Å². The third kappa shape index (κ3) is 2.73. The lowest BCUT2D eigenvalue weighted by molar-refractivity contribution is 0.0396. The Kier molecular flexibility index (Phi) is 4.58. The first-order valence-electron chi connectivity index (χ1n) is 4.72. The molecule has 2 atom stereocenters. The van der Waals surface area contributed by atoms with Crippen molar-refractivity contribution < 1.29 is 14.6 Å². The molecule has 0 aromatic rings. The molecule has 0 bridgehead atoms. The highest BCUT2D eigenvalue weighted by molar-refractivity contribution is 4.78. The highest BCUT2D eigenvalue weighted by Gasteiger charge is 2.30. The van der Waals surface area contributed by atoms with Gasteiger partial charge in [0.05, 0.1) is 12.2 Å². The van der Waals surface area contributed by atoms with E-state index in [1.165, 1.54) is 25.7 Å². The molecule has 0 aromatic heterocycles. The molecule has 2 rings (SSSR count). The van der Waals surface area contributed by atoms with Crippen molar-refractivity contribution in [2.45, 2.75) is 44.8 Å². The normalized spacial score (nSPS) is 33.5. The van der Waals surface area contributed by atoms with Gasteiger partial charge in [-0.2, -0.15) is 0 Å². The molecule has 0 amide bonds. The predicted molar refractivity (Wildman–Crippen MR) is 45.8 cm³/mol. The molecule has 1 aliphatic carbocycles. The van der Waals surface area contributed by atoms with Gasteiger partial charge in [-0.3, -0.25) is 0 Å². The Balaban J connectivity index is 0.000000213. The van der Waals surface area contributed by atoms with Gasteiger partial charge >= 0.3 is 0 Å². The average Bonchev–Trinajstić information content (AvgIpc) is 2.52. The summed E-state index contributed by atoms with van der Waals surface area (Å²) in [6, 6.07) is 0. The molecule has 0 radical (unpaired) electrons. The van der Waals surface area contributed by atoms with E-state index < -0.39 is 0 Å². The third-order valence-electron chi connectivity index (χ3n) is 2.21. The Hall–Kier alpha value is -0.120. The van der Waals surface area contributed by atoms with Crippen LogP contribution in [0.15, 0.2) is 0 Å². The van der Waals surface area contributed by atoms with Gasteiger partial charge in [-0.05, 0) is 19.8 Å². The van der Waals surface area contributed by atoms with Gasteiger partial charge in [0.1, 0.15) is 6.79 Å². The van der Waals surface area contributed by atoms with E-state index in [9.17, 15) is 0 Å². The maximum absolute atomic E-state index is 7.57. The Morgan fingerprint density at radius 3 is 2.00 bits per heavy atom. The average molecular weight is 174 g/mol. The molecule has 2 unspecified atom stereocenters. The van der Waals surface area contributed by atoms with Crippen LogP contribution >= 0.6 is 0 Å². The second kappa shape index (κ2) is 5.51. The topological polar surface area (TPSA) is 38.7 Å². The lowest BCUT2D eigenvalue weighted by atomic mass is 9.95. The molecule has 3 heteroatoms. The molecule has 72 valence electrons. The van der Waals surface area contributed by atoms with Crippen molar-refractivity contribution in [3.63, 3.8) is 0 Å². The van der Waals surface area contributed by atoms with Crippen molar-refractivity contribution in [2.24, 2.45) is 0 Å². The zero-order valence-electron chi connectivity index (χ0n) is 7.66. The lowest BCUT2D eigenvalue weighted by Gasteiger charge is -2.21. The van der Waals surface area contributed by atoms with Gasteiger partial charge in [0.2, 0.25) is 0 Å². The van der Waals surface area contributed by atoms with E-state index in [4.69, 9.17) is 14.6 Å². The third-order valence-corrected chi connectivity index (χ3v) is 2.21. The molecular formula is C9H18O3. The van der Waals surface area contributed by atoms with Gasteiger partial charge in [-0.15, -0.1) is 0 Å². The summed E-state index contributed by atoms with van der Waals surface area (Å²) < 4.78 is 10.7. The number of fused-ring (bicyclic) bond motifs is 1. The first-order chi connectivity index (χ1) is 5.88. The first kappa shape index (κ1) is 9.96. The number of aliphatic hydroxyl groups excluding tert-OH is 1. The number of hydrogen-bond acceptors (Lipinski definition) is 3. The van der Waals surface area contributed by atoms with Crippen LogP contribution in [0.1, 0.15) is 32.6 Å². The molecule has 2 aliphatic rings. The van der Waals surface area contributed by atoms with Crippen LogP contribution in [-0.2, 0) is 9.47 Å². The number of rotatable bonds is 0. The largest absolute Gasteiger partial charge is 0.397 e. The summed E-state index contributed by atoms with van der Waals surface area (Å²) in [6.45, 7) is 2.47. The van der Waals surface area contributed by atoms with E-state index in [1.54, 1.807) is 6.92 Å². The van der Waals surface area contributed by atoms with E-state index >= 15 is 0 Å². The van der Waals surface area contributed by atoms with Crippen molar-refractivity contribution in [3.8, 4) is 0 Å². The molecule has 1 N–H and O–H groups in total. The summed E-state index contributed by atoms with van der Waals surface area (Å²) in [5, 5.41) is 7.57. The fraction of sp³-hybridized carbons (Fsp3) is 1.00. The summed E-state index contributed by atoms with van der Waals surface area (Å²) in [4.78, 5) is 0. The molecule has 12 heavy (non-hydrogen) atoms. The Bertz CT molecular complexity index is 104. The summed E-state index contributed by atoms with van der Waals surface area (Å²) in [7, 11) is 0. The van der Waals surface area contributed by atoms with Crippen molar-refractivity contribution in [1.29, 1.82) is 0 Å². The maximum atomic E-state index is 7.57.